The van der Waals surface area contributed by atoms with Crippen LogP contribution in [0.2, 0.25) is 0 Å². The Bertz CT molecular complexity index is 1470. The zero-order valence-corrected chi connectivity index (χ0v) is 34.9. The molecule has 4 rings (SSSR count). The van der Waals surface area contributed by atoms with Gasteiger partial charge in [-0.2, -0.15) is 0 Å². The quantitative estimate of drug-likeness (QED) is 0.260. The van der Waals surface area contributed by atoms with Gasteiger partial charge in [0.1, 0.15) is 12.2 Å². The fourth-order valence-electron chi connectivity index (χ4n) is 8.91. The van der Waals surface area contributed by atoms with Crippen LogP contribution in [0.15, 0.2) is 24.5 Å². The summed E-state index contributed by atoms with van der Waals surface area (Å²) >= 11 is 0. The molecule has 3 aliphatic rings. The number of aliphatic hydroxyl groups excluding tert-OH is 1. The van der Waals surface area contributed by atoms with Gasteiger partial charge in [-0.1, -0.05) is 27.7 Å². The molecular formula is C40H66FN5O9. The summed E-state index contributed by atoms with van der Waals surface area (Å²) in [6.45, 7) is 16.0. The third kappa shape index (κ3) is 9.18. The number of Topliss-reactive ketones (excluding diaryl/α,β-unsaturated/α-hetero) is 1. The van der Waals surface area contributed by atoms with Crippen LogP contribution in [0, 0.1) is 17.8 Å². The molecule has 2 unspecified atom stereocenters. The number of carbonyl (C=O) groups is 3. The van der Waals surface area contributed by atoms with Crippen LogP contribution in [-0.2, 0) is 39.7 Å². The van der Waals surface area contributed by atoms with E-state index in [0.29, 0.717) is 25.9 Å². The summed E-state index contributed by atoms with van der Waals surface area (Å²) in [4.78, 5) is 48.0. The maximum absolute atomic E-state index is 16.8. The van der Waals surface area contributed by atoms with Crippen molar-refractivity contribution in [1.82, 2.24) is 19.9 Å². The molecular weight excluding hydrogens is 713 g/mol. The number of ether oxygens (including phenoxy) is 5. The summed E-state index contributed by atoms with van der Waals surface area (Å²) in [6.07, 6.45) is 0.0602. The van der Waals surface area contributed by atoms with Crippen LogP contribution >= 0.6 is 0 Å². The number of esters is 1. The average molecular weight is 780 g/mol. The first-order chi connectivity index (χ1) is 25.6. The summed E-state index contributed by atoms with van der Waals surface area (Å²) < 4.78 is 47.5. The first kappa shape index (κ1) is 44.9. The third-order valence-electron chi connectivity index (χ3n) is 12.6. The van der Waals surface area contributed by atoms with Crippen LogP contribution < -0.4 is 5.73 Å². The Morgan fingerprint density at radius 1 is 1.09 bits per heavy atom. The van der Waals surface area contributed by atoms with Crippen molar-refractivity contribution in [3.8, 4) is 0 Å². The van der Waals surface area contributed by atoms with Crippen molar-refractivity contribution in [2.45, 2.75) is 154 Å². The van der Waals surface area contributed by atoms with Crippen molar-refractivity contribution in [3.63, 3.8) is 0 Å². The Hall–Kier alpha value is -2.79. The Morgan fingerprint density at radius 3 is 2.31 bits per heavy atom. The Morgan fingerprint density at radius 2 is 1.73 bits per heavy atom. The highest BCUT2D eigenvalue weighted by Crippen LogP contribution is 2.44. The number of alkyl halides is 1. The van der Waals surface area contributed by atoms with Crippen molar-refractivity contribution in [2.75, 3.05) is 34.3 Å². The van der Waals surface area contributed by atoms with E-state index in [-0.39, 0.29) is 24.5 Å². The number of fused-ring (bicyclic) bond motifs is 1. The predicted octanol–water partition coefficient (Wildman–Crippen LogP) is 3.92. The Kier molecular flexibility index (Phi) is 14.5. The second-order valence-electron chi connectivity index (χ2n) is 16.8. The van der Waals surface area contributed by atoms with Gasteiger partial charge in [-0.05, 0) is 104 Å². The van der Waals surface area contributed by atoms with Gasteiger partial charge in [-0.15, -0.1) is 0 Å². The largest absolute Gasteiger partial charge is 0.456 e. The van der Waals surface area contributed by atoms with Crippen LogP contribution in [0.3, 0.4) is 0 Å². The normalized spacial score (nSPS) is 40.9. The number of carbonyl (C=O) groups excluding carboxylic acids is 3. The number of aliphatic hydroxyl groups is 1. The van der Waals surface area contributed by atoms with Crippen molar-refractivity contribution >= 4 is 17.8 Å². The van der Waals surface area contributed by atoms with Crippen LogP contribution in [0.1, 0.15) is 87.1 Å². The molecule has 1 amide bonds. The number of methoxy groups -OCH3 is 1. The number of aromatic nitrogens is 1. The maximum atomic E-state index is 16.8. The van der Waals surface area contributed by atoms with Gasteiger partial charge in [0.25, 0.3) is 5.67 Å². The lowest BCUT2D eigenvalue weighted by atomic mass is 9.72. The maximum Gasteiger partial charge on any atom is 0.425 e. The number of aryl methyl sites for hydroxylation is 1. The van der Waals surface area contributed by atoms with Crippen molar-refractivity contribution in [2.24, 2.45) is 23.5 Å². The van der Waals surface area contributed by atoms with Crippen LogP contribution in [0.5, 0.6) is 0 Å². The van der Waals surface area contributed by atoms with Gasteiger partial charge < -0.3 is 39.4 Å². The fourth-order valence-corrected chi connectivity index (χ4v) is 8.91. The topological polar surface area (TPSA) is 166 Å². The summed E-state index contributed by atoms with van der Waals surface area (Å²) in [7, 11) is 5.16. The average Bonchev–Trinajstić information content (AvgIpc) is 3.42. The first-order valence-electron chi connectivity index (χ1n) is 19.7. The number of hydrogen-bond acceptors (Lipinski definition) is 13. The molecule has 312 valence electrons. The molecule has 0 aromatic carbocycles. The van der Waals surface area contributed by atoms with Gasteiger partial charge in [0.05, 0.1) is 23.9 Å². The lowest BCUT2D eigenvalue weighted by Crippen LogP contribution is -2.64. The van der Waals surface area contributed by atoms with Gasteiger partial charge in [-0.3, -0.25) is 9.78 Å². The number of nitrogens with zero attached hydrogens (tertiary/aromatic N) is 4. The van der Waals surface area contributed by atoms with E-state index in [1.807, 2.05) is 63.8 Å². The van der Waals surface area contributed by atoms with Gasteiger partial charge in [-0.25, -0.2) is 24.0 Å². The molecule has 14 nitrogen and oxygen atoms in total. The van der Waals surface area contributed by atoms with Crippen LogP contribution in [-0.4, -0.2) is 143 Å². The number of ketones is 1. The number of likely N-dealkylation sites (N-methyl/N-ethyl adjacent to an activating group) is 1. The van der Waals surface area contributed by atoms with Crippen LogP contribution in [0.4, 0.5) is 9.18 Å². The minimum absolute atomic E-state index is 0.220. The number of rotatable bonds is 10. The molecule has 1 aromatic heterocycles. The summed E-state index contributed by atoms with van der Waals surface area (Å²) in [5, 5.41) is 14.9. The minimum atomic E-state index is -3.14. The van der Waals surface area contributed by atoms with Crippen molar-refractivity contribution in [1.29, 1.82) is 0 Å². The molecule has 0 saturated carbocycles. The van der Waals surface area contributed by atoms with Gasteiger partial charge in [0, 0.05) is 50.6 Å². The second-order valence-corrected chi connectivity index (χ2v) is 16.8. The van der Waals surface area contributed by atoms with Crippen molar-refractivity contribution in [3.05, 3.63) is 30.1 Å². The highest BCUT2D eigenvalue weighted by Gasteiger charge is 2.62. The van der Waals surface area contributed by atoms with E-state index in [0.717, 1.165) is 18.9 Å². The van der Waals surface area contributed by atoms with E-state index in [1.54, 1.807) is 31.3 Å². The second kappa shape index (κ2) is 17.8. The number of cyclic esters (lactones) is 1. The van der Waals surface area contributed by atoms with Crippen LogP contribution in [0.25, 0.3) is 0 Å². The minimum Gasteiger partial charge on any atom is -0.456 e. The van der Waals surface area contributed by atoms with E-state index in [1.165, 1.54) is 21.0 Å². The zero-order chi connectivity index (χ0) is 41.2. The molecule has 55 heavy (non-hydrogen) atoms. The molecule has 3 aliphatic heterocycles. The van der Waals surface area contributed by atoms with E-state index < -0.39 is 83.2 Å². The lowest BCUT2D eigenvalue weighted by molar-refractivity contribution is -0.296. The Labute approximate surface area is 326 Å². The molecule has 0 bridgehead atoms. The number of halogens is 1. The fraction of sp³-hybridized carbons (Fsp3) is 0.800. The summed E-state index contributed by atoms with van der Waals surface area (Å²) in [5.74, 6) is -4.61. The SMILES string of the molecule is CCN(CCCc1ccncc1)N1C(=O)O[C@]2(C)[C@@H](C)OC(=O)C(C)(F)C(=O)[C@H](C)[C@@H](O[C@@H]3O[C@H](C)C[C@H](N(C)C)[C@H]3O)[C@@](C)(OC)C[C@@H](C)C(N)[C@H](C)[C@@H]12. The van der Waals surface area contributed by atoms with Crippen molar-refractivity contribution < 1.29 is 47.6 Å². The number of nitrogens with two attached hydrogens (primary N) is 1. The monoisotopic (exact) mass is 779 g/mol. The molecule has 0 spiro atoms. The molecule has 3 saturated heterocycles. The summed E-state index contributed by atoms with van der Waals surface area (Å²) in [5.41, 5.74) is 2.35. The molecule has 4 heterocycles. The Balaban J connectivity index is 1.76. The molecule has 15 heteroatoms. The first-order valence-corrected chi connectivity index (χ1v) is 19.7. The van der Waals surface area contributed by atoms with Gasteiger partial charge >= 0.3 is 12.1 Å². The summed E-state index contributed by atoms with van der Waals surface area (Å²) in [6, 6.07) is 2.22. The van der Waals surface area contributed by atoms with E-state index in [4.69, 9.17) is 29.4 Å². The van der Waals surface area contributed by atoms with Gasteiger partial charge in [0.15, 0.2) is 17.7 Å². The number of pyridine rings is 1. The standard InChI is InChI=1S/C40H66FN5O9/c1-13-45(20-14-15-28-16-18-43-19-17-28)46-32-25(4)30(42)23(2)22-38(7,51-12)34(54-35-31(47)29(44(10)11)21-24(3)52-35)26(5)33(48)39(8,41)36(49)53-27(6)40(32,9)55-37(46)50/h16-19,23-27,29-32,34-35,47H,13-15,20-22,42H2,1-12H3/t23-,24-,25+,26+,27-,29+,30?,31-,32-,34-,35+,38+,39?,40-/m1/s1. The number of hydrazine groups is 1. The molecule has 1 aromatic rings. The number of hydrogen-bond donors (Lipinski definition) is 2. The number of amides is 1. The highest BCUT2D eigenvalue weighted by molar-refractivity contribution is 6.07. The third-order valence-corrected chi connectivity index (χ3v) is 12.6. The zero-order valence-electron chi connectivity index (χ0n) is 34.9. The molecule has 0 aliphatic carbocycles. The highest BCUT2D eigenvalue weighted by atomic mass is 19.1. The molecule has 3 N–H and O–H groups in total. The van der Waals surface area contributed by atoms with E-state index in [9.17, 15) is 19.5 Å². The van der Waals surface area contributed by atoms with Gasteiger partial charge in [0.2, 0.25) is 0 Å². The van der Waals surface area contributed by atoms with E-state index in [2.05, 4.69) is 4.98 Å². The van der Waals surface area contributed by atoms with E-state index >= 15 is 4.39 Å². The molecule has 0 radical (unpaired) electrons. The smallest absolute Gasteiger partial charge is 0.425 e. The molecule has 3 fully saturated rings. The lowest BCUT2D eigenvalue weighted by Gasteiger charge is -2.48. The predicted molar refractivity (Wildman–Crippen MR) is 203 cm³/mol. The molecule has 14 atom stereocenters.